The summed E-state index contributed by atoms with van der Waals surface area (Å²) in [4.78, 5) is 22.9. The van der Waals surface area contributed by atoms with E-state index in [4.69, 9.17) is 24.3 Å². The summed E-state index contributed by atoms with van der Waals surface area (Å²) in [6.07, 6.45) is 1.24. The molecule has 0 aromatic heterocycles. The van der Waals surface area contributed by atoms with Gasteiger partial charge in [0.1, 0.15) is 11.5 Å². The lowest BCUT2D eigenvalue weighted by Crippen LogP contribution is -2.53. The van der Waals surface area contributed by atoms with Crippen molar-refractivity contribution < 1.29 is 24.1 Å². The number of carbonyl (C=O) groups is 1. The maximum atomic E-state index is 14.8. The van der Waals surface area contributed by atoms with E-state index in [1.807, 2.05) is 72.8 Å². The molecule has 0 spiro atoms. The number of benzene rings is 4. The lowest BCUT2D eigenvalue weighted by molar-refractivity contribution is -0.129. The second-order valence-corrected chi connectivity index (χ2v) is 11.4. The highest BCUT2D eigenvalue weighted by Crippen LogP contribution is 2.44. The highest BCUT2D eigenvalue weighted by atomic mass is 16.5. The number of carbonyl (C=O) groups excluding carboxylic acids is 1. The Balaban J connectivity index is 1.44. The maximum Gasteiger partial charge on any atom is 0.252 e. The van der Waals surface area contributed by atoms with Crippen LogP contribution < -0.4 is 14.8 Å². The summed E-state index contributed by atoms with van der Waals surface area (Å²) in [5, 5.41) is 16.3. The Morgan fingerprint density at radius 1 is 1.02 bits per heavy atom. The zero-order chi connectivity index (χ0) is 31.9. The number of methoxy groups -OCH3 is 1. The van der Waals surface area contributed by atoms with Crippen LogP contribution in [0.5, 0.6) is 11.5 Å². The second-order valence-electron chi connectivity index (χ2n) is 11.4. The number of aliphatic hydroxyl groups is 1. The summed E-state index contributed by atoms with van der Waals surface area (Å²) in [5.41, 5.74) is 12.8. The van der Waals surface area contributed by atoms with Crippen molar-refractivity contribution >= 4 is 17.5 Å². The molecule has 2 N–H and O–H groups in total. The number of amides is 1. The molecule has 4 aromatic carbocycles. The van der Waals surface area contributed by atoms with Crippen LogP contribution in [0, 0.1) is 0 Å². The molecule has 0 saturated heterocycles. The molecule has 1 heterocycles. The van der Waals surface area contributed by atoms with Crippen molar-refractivity contribution in [2.75, 3.05) is 20.3 Å². The molecule has 0 radical (unpaired) electrons. The highest BCUT2D eigenvalue weighted by molar-refractivity contribution is 6.01. The minimum Gasteiger partial charge on any atom is -0.497 e. The van der Waals surface area contributed by atoms with Crippen LogP contribution in [0.3, 0.4) is 0 Å². The molecule has 1 aliphatic carbocycles. The Morgan fingerprint density at radius 2 is 1.76 bits per heavy atom. The standard InChI is InChI=1S/C36H35N5O5/c1-44-31-12-6-11-27(22-31)33-36(23-28-10-4-5-13-32(28)40-41-37,35(43)38-29-20-25-8-2-3-9-26(25)21-29)39-34(46-33)24-14-16-30(17-15-24)45-19-7-18-42/h2-6,8-17,22,29,33,42H,7,18-21,23H2,1H3,(H,38,43)/t33-,36-/m1/s1. The van der Waals surface area contributed by atoms with Crippen LogP contribution in [0.25, 0.3) is 10.4 Å². The van der Waals surface area contributed by atoms with Crippen molar-refractivity contribution in [3.05, 3.63) is 135 Å². The number of hydrogen-bond acceptors (Lipinski definition) is 7. The molecular weight excluding hydrogens is 582 g/mol. The third-order valence-electron chi connectivity index (χ3n) is 8.42. The normalized spacial score (nSPS) is 18.6. The topological polar surface area (TPSA) is 138 Å². The Bertz CT molecular complexity index is 1760. The molecule has 0 saturated carbocycles. The molecule has 10 heteroatoms. The first kappa shape index (κ1) is 30.7. The molecule has 2 aliphatic rings. The fourth-order valence-corrected chi connectivity index (χ4v) is 6.15. The zero-order valence-electron chi connectivity index (χ0n) is 25.5. The molecule has 1 aliphatic heterocycles. The number of ether oxygens (including phenoxy) is 3. The van der Waals surface area contributed by atoms with Gasteiger partial charge in [-0.1, -0.05) is 65.8 Å². The summed E-state index contributed by atoms with van der Waals surface area (Å²) < 4.78 is 17.9. The predicted molar refractivity (Wildman–Crippen MR) is 174 cm³/mol. The van der Waals surface area contributed by atoms with Crippen molar-refractivity contribution in [1.29, 1.82) is 0 Å². The van der Waals surface area contributed by atoms with E-state index < -0.39 is 11.6 Å². The Kier molecular flexibility index (Phi) is 9.19. The first-order valence-corrected chi connectivity index (χ1v) is 15.3. The molecule has 46 heavy (non-hydrogen) atoms. The van der Waals surface area contributed by atoms with Crippen LogP contribution in [0.4, 0.5) is 5.69 Å². The highest BCUT2D eigenvalue weighted by Gasteiger charge is 2.54. The van der Waals surface area contributed by atoms with Crippen molar-refractivity contribution in [3.8, 4) is 11.5 Å². The SMILES string of the molecule is COc1cccc([C@H]2OC(c3ccc(OCCCO)cc3)=N[C@@]2(Cc2ccccc2N=[N+]=[N-])C(=O)NC2Cc3ccccc3C2)c1. The van der Waals surface area contributed by atoms with Gasteiger partial charge in [0, 0.05) is 41.7 Å². The third kappa shape index (κ3) is 6.40. The molecule has 2 atom stereocenters. The minimum absolute atomic E-state index is 0.0499. The lowest BCUT2D eigenvalue weighted by atomic mass is 9.81. The van der Waals surface area contributed by atoms with E-state index in [1.54, 1.807) is 19.2 Å². The van der Waals surface area contributed by atoms with E-state index in [0.29, 0.717) is 65.6 Å². The van der Waals surface area contributed by atoms with Gasteiger partial charge in [0.05, 0.1) is 13.7 Å². The van der Waals surface area contributed by atoms with Gasteiger partial charge in [-0.25, -0.2) is 4.99 Å². The summed E-state index contributed by atoms with van der Waals surface area (Å²) >= 11 is 0. The Morgan fingerprint density at radius 3 is 2.48 bits per heavy atom. The van der Waals surface area contributed by atoms with Gasteiger partial charge in [-0.05, 0) is 77.0 Å². The minimum atomic E-state index is -1.46. The predicted octanol–water partition coefficient (Wildman–Crippen LogP) is 6.18. The van der Waals surface area contributed by atoms with E-state index in [0.717, 1.165) is 0 Å². The van der Waals surface area contributed by atoms with E-state index in [9.17, 15) is 10.3 Å². The number of aliphatic imine (C=N–C) groups is 1. The average molecular weight is 618 g/mol. The molecule has 0 unspecified atom stereocenters. The van der Waals surface area contributed by atoms with Crippen LogP contribution in [-0.2, 0) is 28.8 Å². The summed E-state index contributed by atoms with van der Waals surface area (Å²) in [6.45, 7) is 0.443. The molecule has 234 valence electrons. The van der Waals surface area contributed by atoms with Crippen LogP contribution in [0.2, 0.25) is 0 Å². The van der Waals surface area contributed by atoms with E-state index in [2.05, 4.69) is 27.5 Å². The zero-order valence-corrected chi connectivity index (χ0v) is 25.5. The van der Waals surface area contributed by atoms with Crippen molar-refractivity contribution in [2.24, 2.45) is 10.1 Å². The first-order chi connectivity index (χ1) is 22.5. The molecule has 0 fully saturated rings. The van der Waals surface area contributed by atoms with Crippen molar-refractivity contribution in [3.63, 3.8) is 0 Å². The number of fused-ring (bicyclic) bond motifs is 1. The average Bonchev–Trinajstić information content (AvgIpc) is 3.68. The molecule has 1 amide bonds. The Hall–Kier alpha value is -5.31. The maximum absolute atomic E-state index is 14.8. The van der Waals surface area contributed by atoms with Gasteiger partial charge in [0.15, 0.2) is 11.6 Å². The molecule has 4 aromatic rings. The number of hydrogen-bond donors (Lipinski definition) is 2. The number of nitrogens with zero attached hydrogens (tertiary/aromatic N) is 4. The van der Waals surface area contributed by atoms with Gasteiger partial charge in [-0.2, -0.15) is 0 Å². The number of rotatable bonds is 12. The smallest absolute Gasteiger partial charge is 0.252 e. The Labute approximate surface area is 267 Å². The molecule has 0 bridgehead atoms. The van der Waals surface area contributed by atoms with Crippen LogP contribution >= 0.6 is 0 Å². The van der Waals surface area contributed by atoms with E-state index in [-0.39, 0.29) is 25.0 Å². The van der Waals surface area contributed by atoms with Crippen LogP contribution in [-0.4, -0.2) is 48.8 Å². The molecule has 10 nitrogen and oxygen atoms in total. The van der Waals surface area contributed by atoms with Gasteiger partial charge in [0.25, 0.3) is 5.91 Å². The number of nitrogens with one attached hydrogen (secondary N) is 1. The van der Waals surface area contributed by atoms with Crippen molar-refractivity contribution in [1.82, 2.24) is 5.32 Å². The summed E-state index contributed by atoms with van der Waals surface area (Å²) in [7, 11) is 1.59. The largest absolute Gasteiger partial charge is 0.497 e. The third-order valence-corrected chi connectivity index (χ3v) is 8.42. The lowest BCUT2D eigenvalue weighted by Gasteiger charge is -2.32. The second kappa shape index (κ2) is 13.8. The molecule has 6 rings (SSSR count). The van der Waals surface area contributed by atoms with E-state index >= 15 is 0 Å². The number of aliphatic hydroxyl groups excluding tert-OH is 1. The van der Waals surface area contributed by atoms with Gasteiger partial charge in [0.2, 0.25) is 5.90 Å². The quantitative estimate of drug-likeness (QED) is 0.0846. The number of azide groups is 1. The first-order valence-electron chi connectivity index (χ1n) is 15.3. The van der Waals surface area contributed by atoms with Gasteiger partial charge in [-0.3, -0.25) is 4.79 Å². The van der Waals surface area contributed by atoms with Crippen LogP contribution in [0.1, 0.15) is 40.3 Å². The van der Waals surface area contributed by atoms with Crippen molar-refractivity contribution in [2.45, 2.75) is 43.4 Å². The fraction of sp³-hybridized carbons (Fsp3) is 0.278. The molecular formula is C36H35N5O5. The van der Waals surface area contributed by atoms with Gasteiger partial charge >= 0.3 is 0 Å². The van der Waals surface area contributed by atoms with E-state index in [1.165, 1.54) is 11.1 Å². The van der Waals surface area contributed by atoms with Gasteiger partial charge in [-0.15, -0.1) is 0 Å². The fourth-order valence-electron chi connectivity index (χ4n) is 6.15. The van der Waals surface area contributed by atoms with Gasteiger partial charge < -0.3 is 24.6 Å². The summed E-state index contributed by atoms with van der Waals surface area (Å²) in [5.74, 6) is 1.29. The monoisotopic (exact) mass is 617 g/mol. The van der Waals surface area contributed by atoms with Crippen LogP contribution in [0.15, 0.2) is 107 Å². The summed E-state index contributed by atoms with van der Waals surface area (Å²) in [6, 6.07) is 30.1.